The van der Waals surface area contributed by atoms with E-state index >= 15 is 0 Å². The van der Waals surface area contributed by atoms with Crippen molar-refractivity contribution in [1.29, 1.82) is 0 Å². The first-order valence-electron chi connectivity index (χ1n) is 5.71. The lowest BCUT2D eigenvalue weighted by atomic mass is 9.83. The number of nitrogens with two attached hydrogens (primary N) is 1. The van der Waals surface area contributed by atoms with Crippen LogP contribution in [0.3, 0.4) is 0 Å². The summed E-state index contributed by atoms with van der Waals surface area (Å²) in [6, 6.07) is -0.550. The number of carboxylic acid groups (broad SMARTS) is 1. The van der Waals surface area contributed by atoms with Crippen molar-refractivity contribution in [3.05, 3.63) is 0 Å². The Hall–Kier alpha value is -1.10. The molecule has 1 heterocycles. The van der Waals surface area contributed by atoms with E-state index in [1.54, 1.807) is 11.8 Å². The SMILES string of the molecule is CCCC1(C(=O)O)CCN(C(=O)[C@H](C)N)C1. The van der Waals surface area contributed by atoms with Crippen molar-refractivity contribution >= 4 is 11.9 Å². The maximum Gasteiger partial charge on any atom is 0.311 e. The normalized spacial score (nSPS) is 26.8. The molecule has 1 aliphatic rings. The van der Waals surface area contributed by atoms with Crippen LogP contribution in [0.1, 0.15) is 33.1 Å². The van der Waals surface area contributed by atoms with Crippen LogP contribution in [0.25, 0.3) is 0 Å². The third-order valence-electron chi connectivity index (χ3n) is 3.24. The van der Waals surface area contributed by atoms with Gasteiger partial charge in [-0.3, -0.25) is 9.59 Å². The molecule has 3 N–H and O–H groups in total. The fourth-order valence-electron chi connectivity index (χ4n) is 2.31. The van der Waals surface area contributed by atoms with E-state index in [0.717, 1.165) is 6.42 Å². The topological polar surface area (TPSA) is 83.6 Å². The van der Waals surface area contributed by atoms with Gasteiger partial charge >= 0.3 is 5.97 Å². The van der Waals surface area contributed by atoms with E-state index in [1.807, 2.05) is 6.92 Å². The molecule has 5 nitrogen and oxygen atoms in total. The lowest BCUT2D eigenvalue weighted by Crippen LogP contribution is -2.43. The lowest BCUT2D eigenvalue weighted by molar-refractivity contribution is -0.149. The Bertz CT molecular complexity index is 291. The first kappa shape index (κ1) is 13.0. The second-order valence-corrected chi connectivity index (χ2v) is 4.63. The van der Waals surface area contributed by atoms with E-state index in [-0.39, 0.29) is 5.91 Å². The smallest absolute Gasteiger partial charge is 0.311 e. The van der Waals surface area contributed by atoms with E-state index in [4.69, 9.17) is 5.73 Å². The molecule has 0 aromatic carbocycles. The van der Waals surface area contributed by atoms with Crippen LogP contribution in [0.4, 0.5) is 0 Å². The van der Waals surface area contributed by atoms with E-state index in [2.05, 4.69) is 0 Å². The van der Waals surface area contributed by atoms with Crippen LogP contribution < -0.4 is 5.73 Å². The second-order valence-electron chi connectivity index (χ2n) is 4.63. The predicted molar refractivity (Wildman–Crippen MR) is 59.8 cm³/mol. The van der Waals surface area contributed by atoms with Gasteiger partial charge in [-0.2, -0.15) is 0 Å². The van der Waals surface area contributed by atoms with Crippen LogP contribution in [0.15, 0.2) is 0 Å². The molecule has 0 aromatic heterocycles. The highest BCUT2D eigenvalue weighted by Gasteiger charge is 2.45. The Balaban J connectivity index is 2.74. The van der Waals surface area contributed by atoms with Crippen LogP contribution in [-0.2, 0) is 9.59 Å². The van der Waals surface area contributed by atoms with Gasteiger partial charge in [0, 0.05) is 13.1 Å². The van der Waals surface area contributed by atoms with Gasteiger partial charge in [0.05, 0.1) is 11.5 Å². The molecular weight excluding hydrogens is 208 g/mol. The molecule has 1 amide bonds. The van der Waals surface area contributed by atoms with Gasteiger partial charge in [0.15, 0.2) is 0 Å². The minimum absolute atomic E-state index is 0.153. The molecule has 0 radical (unpaired) electrons. The van der Waals surface area contributed by atoms with Gasteiger partial charge in [-0.25, -0.2) is 0 Å². The zero-order valence-electron chi connectivity index (χ0n) is 9.90. The molecule has 5 heteroatoms. The Morgan fingerprint density at radius 1 is 1.56 bits per heavy atom. The molecule has 0 saturated carbocycles. The average Bonchev–Trinajstić information content (AvgIpc) is 2.62. The quantitative estimate of drug-likeness (QED) is 0.731. The van der Waals surface area contributed by atoms with Crippen molar-refractivity contribution in [2.45, 2.75) is 39.2 Å². The lowest BCUT2D eigenvalue weighted by Gasteiger charge is -2.24. The van der Waals surface area contributed by atoms with E-state index in [1.165, 1.54) is 0 Å². The molecule has 0 aromatic rings. The number of carboxylic acids is 1. The Labute approximate surface area is 95.6 Å². The summed E-state index contributed by atoms with van der Waals surface area (Å²) in [5, 5.41) is 9.26. The highest BCUT2D eigenvalue weighted by atomic mass is 16.4. The first-order valence-corrected chi connectivity index (χ1v) is 5.71. The van der Waals surface area contributed by atoms with Crippen molar-refractivity contribution in [2.24, 2.45) is 11.1 Å². The predicted octanol–water partition coefficient (Wildman–Crippen LogP) is 0.437. The molecule has 1 unspecified atom stereocenters. The Kier molecular flexibility index (Phi) is 3.91. The number of carbonyl (C=O) groups excluding carboxylic acids is 1. The minimum atomic E-state index is -0.797. The first-order chi connectivity index (χ1) is 7.43. The number of aliphatic carboxylic acids is 1. The summed E-state index contributed by atoms with van der Waals surface area (Å²) in [7, 11) is 0. The molecule has 16 heavy (non-hydrogen) atoms. The van der Waals surface area contributed by atoms with Gasteiger partial charge in [0.2, 0.25) is 5.91 Å². The number of nitrogens with zero attached hydrogens (tertiary/aromatic N) is 1. The number of rotatable bonds is 4. The monoisotopic (exact) mass is 228 g/mol. The fraction of sp³-hybridized carbons (Fsp3) is 0.818. The Morgan fingerprint density at radius 3 is 2.62 bits per heavy atom. The van der Waals surface area contributed by atoms with Crippen molar-refractivity contribution in [1.82, 2.24) is 4.90 Å². The number of hydrogen-bond acceptors (Lipinski definition) is 3. The maximum absolute atomic E-state index is 11.7. The molecule has 1 aliphatic heterocycles. The minimum Gasteiger partial charge on any atom is -0.481 e. The summed E-state index contributed by atoms with van der Waals surface area (Å²) >= 11 is 0. The van der Waals surface area contributed by atoms with Gasteiger partial charge in [-0.15, -0.1) is 0 Å². The van der Waals surface area contributed by atoms with Crippen molar-refractivity contribution in [3.8, 4) is 0 Å². The van der Waals surface area contributed by atoms with Crippen LogP contribution >= 0.6 is 0 Å². The van der Waals surface area contributed by atoms with Crippen LogP contribution in [0.2, 0.25) is 0 Å². The number of likely N-dealkylation sites (tertiary alicyclic amines) is 1. The zero-order valence-corrected chi connectivity index (χ0v) is 9.90. The standard InChI is InChI=1S/C11H20N2O3/c1-3-4-11(10(15)16)5-6-13(7-11)9(14)8(2)12/h8H,3-7,12H2,1-2H3,(H,15,16)/t8-,11?/m0/s1. The molecule has 1 saturated heterocycles. The van der Waals surface area contributed by atoms with Crippen molar-refractivity contribution < 1.29 is 14.7 Å². The van der Waals surface area contributed by atoms with E-state index in [9.17, 15) is 14.7 Å². The molecule has 1 fully saturated rings. The van der Waals surface area contributed by atoms with Gasteiger partial charge in [-0.05, 0) is 19.8 Å². The largest absolute Gasteiger partial charge is 0.481 e. The number of hydrogen-bond donors (Lipinski definition) is 2. The highest BCUT2D eigenvalue weighted by Crippen LogP contribution is 2.35. The van der Waals surface area contributed by atoms with Crippen molar-refractivity contribution in [3.63, 3.8) is 0 Å². The molecule has 1 rings (SSSR count). The number of carbonyl (C=O) groups is 2. The van der Waals surface area contributed by atoms with E-state index < -0.39 is 17.4 Å². The Morgan fingerprint density at radius 2 is 2.19 bits per heavy atom. The zero-order chi connectivity index (χ0) is 12.3. The average molecular weight is 228 g/mol. The molecule has 0 spiro atoms. The molecule has 0 aliphatic carbocycles. The second kappa shape index (κ2) is 4.82. The summed E-state index contributed by atoms with van der Waals surface area (Å²) < 4.78 is 0. The highest BCUT2D eigenvalue weighted by molar-refractivity contribution is 5.83. The number of amides is 1. The summed E-state index contributed by atoms with van der Waals surface area (Å²) in [4.78, 5) is 24.5. The molecular formula is C11H20N2O3. The summed E-state index contributed by atoms with van der Waals surface area (Å²) in [6.45, 7) is 4.40. The summed E-state index contributed by atoms with van der Waals surface area (Å²) in [5.41, 5.74) is 4.77. The fourth-order valence-corrected chi connectivity index (χ4v) is 2.31. The molecule has 92 valence electrons. The summed E-state index contributed by atoms with van der Waals surface area (Å²) in [6.07, 6.45) is 1.96. The summed E-state index contributed by atoms with van der Waals surface area (Å²) in [5.74, 6) is -0.950. The van der Waals surface area contributed by atoms with Crippen LogP contribution in [-0.4, -0.2) is 41.0 Å². The van der Waals surface area contributed by atoms with Crippen LogP contribution in [0.5, 0.6) is 0 Å². The van der Waals surface area contributed by atoms with Gasteiger partial charge in [0.1, 0.15) is 0 Å². The maximum atomic E-state index is 11.7. The van der Waals surface area contributed by atoms with Crippen molar-refractivity contribution in [2.75, 3.05) is 13.1 Å². The van der Waals surface area contributed by atoms with Gasteiger partial charge < -0.3 is 15.7 Å². The molecule has 2 atom stereocenters. The van der Waals surface area contributed by atoms with Gasteiger partial charge in [-0.1, -0.05) is 13.3 Å². The third kappa shape index (κ3) is 2.35. The van der Waals surface area contributed by atoms with Gasteiger partial charge in [0.25, 0.3) is 0 Å². The van der Waals surface area contributed by atoms with E-state index in [0.29, 0.717) is 25.9 Å². The van der Waals surface area contributed by atoms with Crippen LogP contribution in [0, 0.1) is 5.41 Å². The molecule has 0 bridgehead atoms. The third-order valence-corrected chi connectivity index (χ3v) is 3.24.